The van der Waals surface area contributed by atoms with Crippen molar-refractivity contribution in [1.29, 1.82) is 0 Å². The summed E-state index contributed by atoms with van der Waals surface area (Å²) >= 11 is 1.60. The second kappa shape index (κ2) is 6.07. The summed E-state index contributed by atoms with van der Waals surface area (Å²) in [4.78, 5) is 13.2. The predicted octanol–water partition coefficient (Wildman–Crippen LogP) is 4.59. The van der Waals surface area contributed by atoms with E-state index in [0.29, 0.717) is 5.75 Å². The quantitative estimate of drug-likeness (QED) is 0.597. The summed E-state index contributed by atoms with van der Waals surface area (Å²) in [7, 11) is 0. The van der Waals surface area contributed by atoms with Crippen LogP contribution in [-0.2, 0) is 0 Å². The Labute approximate surface area is 119 Å². The van der Waals surface area contributed by atoms with Crippen molar-refractivity contribution in [3.63, 3.8) is 0 Å². The van der Waals surface area contributed by atoms with Gasteiger partial charge in [-0.3, -0.25) is 4.79 Å². The largest absolute Gasteiger partial charge is 0.293 e. The topological polar surface area (TPSA) is 17.1 Å². The van der Waals surface area contributed by atoms with Crippen LogP contribution in [0.25, 0.3) is 0 Å². The van der Waals surface area contributed by atoms with E-state index in [1.807, 2.05) is 31.2 Å². The van der Waals surface area contributed by atoms with Crippen molar-refractivity contribution in [3.05, 3.63) is 64.7 Å². The summed E-state index contributed by atoms with van der Waals surface area (Å²) in [6, 6.07) is 14.1. The van der Waals surface area contributed by atoms with E-state index in [2.05, 4.69) is 32.0 Å². The molecule has 0 fully saturated rings. The van der Waals surface area contributed by atoms with Crippen LogP contribution >= 0.6 is 11.8 Å². The molecule has 2 aromatic carbocycles. The molecule has 0 N–H and O–H groups in total. The lowest BCUT2D eigenvalue weighted by Crippen LogP contribution is -2.02. The zero-order valence-corrected chi connectivity index (χ0v) is 12.4. The number of carbonyl (C=O) groups excluding carboxylic acids is 1. The summed E-state index contributed by atoms with van der Waals surface area (Å²) in [5, 5.41) is 0. The van der Waals surface area contributed by atoms with Crippen molar-refractivity contribution < 1.29 is 4.79 Å². The second-order valence-corrected chi connectivity index (χ2v) is 5.87. The second-order valence-electron chi connectivity index (χ2n) is 4.82. The summed E-state index contributed by atoms with van der Waals surface area (Å²) in [5.74, 6) is 0.675. The molecule has 0 spiro atoms. The number of Topliss-reactive ketones (excluding diaryl/α,β-unsaturated/α-hetero) is 1. The molecule has 0 aliphatic carbocycles. The van der Waals surface area contributed by atoms with Gasteiger partial charge in [-0.1, -0.05) is 35.9 Å². The van der Waals surface area contributed by atoms with Crippen LogP contribution in [0.5, 0.6) is 0 Å². The molecule has 98 valence electrons. The molecule has 0 saturated carbocycles. The molecule has 0 bridgehead atoms. The fourth-order valence-corrected chi connectivity index (χ4v) is 2.66. The van der Waals surface area contributed by atoms with Gasteiger partial charge in [0.05, 0.1) is 5.75 Å². The van der Waals surface area contributed by atoms with Crippen molar-refractivity contribution >= 4 is 17.5 Å². The Hall–Kier alpha value is -1.54. The van der Waals surface area contributed by atoms with E-state index < -0.39 is 0 Å². The average molecular weight is 270 g/mol. The van der Waals surface area contributed by atoms with Gasteiger partial charge < -0.3 is 0 Å². The van der Waals surface area contributed by atoms with Crippen LogP contribution in [0.4, 0.5) is 0 Å². The molecule has 2 rings (SSSR count). The van der Waals surface area contributed by atoms with Crippen LogP contribution in [-0.4, -0.2) is 11.5 Å². The molecule has 1 nitrogen and oxygen atoms in total. The summed E-state index contributed by atoms with van der Waals surface area (Å²) in [5.41, 5.74) is 4.53. The molecule has 0 heterocycles. The van der Waals surface area contributed by atoms with Gasteiger partial charge in [0.15, 0.2) is 5.78 Å². The third-order valence-corrected chi connectivity index (χ3v) is 4.22. The number of hydrogen-bond donors (Lipinski definition) is 0. The molecule has 2 heteroatoms. The van der Waals surface area contributed by atoms with Gasteiger partial charge in [-0.25, -0.2) is 0 Å². The highest BCUT2D eigenvalue weighted by atomic mass is 32.2. The Kier molecular flexibility index (Phi) is 4.43. The first-order valence-electron chi connectivity index (χ1n) is 6.36. The van der Waals surface area contributed by atoms with Gasteiger partial charge in [-0.05, 0) is 44.0 Å². The third kappa shape index (κ3) is 3.71. The Morgan fingerprint density at radius 1 is 0.947 bits per heavy atom. The Morgan fingerprint density at radius 3 is 2.26 bits per heavy atom. The van der Waals surface area contributed by atoms with E-state index in [9.17, 15) is 4.79 Å². The normalized spacial score (nSPS) is 10.5. The number of ketones is 1. The molecule has 0 unspecified atom stereocenters. The predicted molar refractivity (Wildman–Crippen MR) is 82.1 cm³/mol. The highest BCUT2D eigenvalue weighted by Crippen LogP contribution is 2.22. The van der Waals surface area contributed by atoms with Crippen molar-refractivity contribution in [2.24, 2.45) is 0 Å². The van der Waals surface area contributed by atoms with Crippen LogP contribution in [0.3, 0.4) is 0 Å². The molecular formula is C17H18OS. The Balaban J connectivity index is 2.00. The molecule has 0 aliphatic rings. The van der Waals surface area contributed by atoms with Crippen molar-refractivity contribution in [2.45, 2.75) is 25.7 Å². The minimum Gasteiger partial charge on any atom is -0.293 e. The van der Waals surface area contributed by atoms with Gasteiger partial charge in [0, 0.05) is 10.5 Å². The van der Waals surface area contributed by atoms with Gasteiger partial charge in [0.25, 0.3) is 0 Å². The van der Waals surface area contributed by atoms with Gasteiger partial charge in [0.1, 0.15) is 0 Å². The fraction of sp³-hybridized carbons (Fsp3) is 0.235. The number of thioether (sulfide) groups is 1. The standard InChI is InChI=1S/C17H18OS/c1-12-4-7-15(8-5-12)17(18)11-19-16-9-6-13(2)14(3)10-16/h4-10H,11H2,1-3H3. The number of hydrogen-bond acceptors (Lipinski definition) is 2. The van der Waals surface area contributed by atoms with Gasteiger partial charge in [-0.15, -0.1) is 11.8 Å². The summed E-state index contributed by atoms with van der Waals surface area (Å²) < 4.78 is 0. The van der Waals surface area contributed by atoms with Gasteiger partial charge >= 0.3 is 0 Å². The van der Waals surface area contributed by atoms with Crippen molar-refractivity contribution in [3.8, 4) is 0 Å². The van der Waals surface area contributed by atoms with Crippen LogP contribution < -0.4 is 0 Å². The van der Waals surface area contributed by atoms with E-state index >= 15 is 0 Å². The maximum Gasteiger partial charge on any atom is 0.173 e. The molecule has 0 radical (unpaired) electrons. The monoisotopic (exact) mass is 270 g/mol. The molecular weight excluding hydrogens is 252 g/mol. The lowest BCUT2D eigenvalue weighted by Gasteiger charge is -2.05. The van der Waals surface area contributed by atoms with Crippen LogP contribution in [0.1, 0.15) is 27.0 Å². The Bertz CT molecular complexity index is 585. The zero-order chi connectivity index (χ0) is 13.8. The molecule has 0 aliphatic heterocycles. The molecule has 0 atom stereocenters. The molecule has 2 aromatic rings. The lowest BCUT2D eigenvalue weighted by atomic mass is 10.1. The van der Waals surface area contributed by atoms with Crippen molar-refractivity contribution in [1.82, 2.24) is 0 Å². The summed E-state index contributed by atoms with van der Waals surface area (Å²) in [6.45, 7) is 6.22. The van der Waals surface area contributed by atoms with Crippen LogP contribution in [0, 0.1) is 20.8 Å². The highest BCUT2D eigenvalue weighted by Gasteiger charge is 2.06. The van der Waals surface area contributed by atoms with E-state index in [0.717, 1.165) is 10.5 Å². The smallest absolute Gasteiger partial charge is 0.173 e. The number of benzene rings is 2. The van der Waals surface area contributed by atoms with E-state index in [4.69, 9.17) is 0 Å². The lowest BCUT2D eigenvalue weighted by molar-refractivity contribution is 0.102. The van der Waals surface area contributed by atoms with Crippen LogP contribution in [0.2, 0.25) is 0 Å². The average Bonchev–Trinajstić information content (AvgIpc) is 2.40. The van der Waals surface area contributed by atoms with Crippen LogP contribution in [0.15, 0.2) is 47.4 Å². The van der Waals surface area contributed by atoms with Crippen molar-refractivity contribution in [2.75, 3.05) is 5.75 Å². The van der Waals surface area contributed by atoms with E-state index in [1.54, 1.807) is 11.8 Å². The number of aryl methyl sites for hydroxylation is 3. The highest BCUT2D eigenvalue weighted by molar-refractivity contribution is 8.00. The maximum absolute atomic E-state index is 12.1. The molecule has 0 amide bonds. The third-order valence-electron chi connectivity index (χ3n) is 3.22. The van der Waals surface area contributed by atoms with Gasteiger partial charge in [0.2, 0.25) is 0 Å². The first-order valence-corrected chi connectivity index (χ1v) is 7.35. The van der Waals surface area contributed by atoms with E-state index in [-0.39, 0.29) is 5.78 Å². The minimum absolute atomic E-state index is 0.184. The number of rotatable bonds is 4. The first kappa shape index (κ1) is 13.9. The minimum atomic E-state index is 0.184. The summed E-state index contributed by atoms with van der Waals surface area (Å²) in [6.07, 6.45) is 0. The molecule has 0 aromatic heterocycles. The van der Waals surface area contributed by atoms with Gasteiger partial charge in [-0.2, -0.15) is 0 Å². The molecule has 0 saturated heterocycles. The van der Waals surface area contributed by atoms with E-state index in [1.165, 1.54) is 16.7 Å². The maximum atomic E-state index is 12.1. The zero-order valence-electron chi connectivity index (χ0n) is 11.6. The Morgan fingerprint density at radius 2 is 1.63 bits per heavy atom. The SMILES string of the molecule is Cc1ccc(C(=O)CSc2ccc(C)c(C)c2)cc1. The fourth-order valence-electron chi connectivity index (χ4n) is 1.78. The first-order chi connectivity index (χ1) is 9.06. The number of carbonyl (C=O) groups is 1. The molecule has 19 heavy (non-hydrogen) atoms.